The van der Waals surface area contributed by atoms with E-state index >= 15 is 0 Å². The number of thiazole rings is 1. The van der Waals surface area contributed by atoms with Crippen molar-refractivity contribution in [1.82, 2.24) is 9.88 Å². The zero-order valence-corrected chi connectivity index (χ0v) is 8.68. The third-order valence-electron chi connectivity index (χ3n) is 2.61. The molecule has 1 aromatic rings. The molecule has 1 aliphatic rings. The molecule has 1 fully saturated rings. The van der Waals surface area contributed by atoms with Gasteiger partial charge in [-0.3, -0.25) is 4.90 Å². The largest absolute Gasteiger partial charge is 0.325 e. The molecule has 1 aliphatic heterocycles. The van der Waals surface area contributed by atoms with Crippen LogP contribution in [0, 0.1) is 0 Å². The number of nitrogens with two attached hydrogens (primary N) is 1. The fraction of sp³-hybridized carbons (Fsp3) is 0.667. The van der Waals surface area contributed by atoms with Crippen LogP contribution in [0.5, 0.6) is 0 Å². The quantitative estimate of drug-likeness (QED) is 0.778. The van der Waals surface area contributed by atoms with Gasteiger partial charge in [0.2, 0.25) is 0 Å². The topological polar surface area (TPSA) is 42.1 Å². The van der Waals surface area contributed by atoms with Crippen LogP contribution in [0.15, 0.2) is 5.38 Å². The third-order valence-corrected chi connectivity index (χ3v) is 3.50. The van der Waals surface area contributed by atoms with Crippen LogP contribution in [0.2, 0.25) is 0 Å². The monoisotopic (exact) mass is 197 g/mol. The summed E-state index contributed by atoms with van der Waals surface area (Å²) in [6, 6.07) is 0.538. The molecular weight excluding hydrogens is 182 g/mol. The Morgan fingerprint density at radius 3 is 3.15 bits per heavy atom. The van der Waals surface area contributed by atoms with E-state index < -0.39 is 0 Å². The molecule has 0 amide bonds. The minimum atomic E-state index is 0.538. The highest BCUT2D eigenvalue weighted by Crippen LogP contribution is 2.30. The number of likely N-dealkylation sites (tertiary alicyclic amines) is 1. The standard InChI is InChI=1S/C9H15N3S/c1-12-4-2-3-8(12)7-6-13-9(5-10)11-7/h6,8H,2-5,10H2,1H3. The molecule has 1 unspecified atom stereocenters. The van der Waals surface area contributed by atoms with Crippen molar-refractivity contribution in [3.63, 3.8) is 0 Å². The lowest BCUT2D eigenvalue weighted by Crippen LogP contribution is -2.17. The van der Waals surface area contributed by atoms with Crippen molar-refractivity contribution < 1.29 is 0 Å². The zero-order valence-electron chi connectivity index (χ0n) is 7.86. The number of nitrogens with zero attached hydrogens (tertiary/aromatic N) is 2. The van der Waals surface area contributed by atoms with Crippen molar-refractivity contribution in [2.24, 2.45) is 5.73 Å². The molecule has 0 radical (unpaired) electrons. The minimum Gasteiger partial charge on any atom is -0.325 e. The Balaban J connectivity index is 2.15. The SMILES string of the molecule is CN1CCCC1c1csc(CN)n1. The van der Waals surface area contributed by atoms with Crippen LogP contribution in [-0.2, 0) is 6.54 Å². The molecule has 13 heavy (non-hydrogen) atoms. The molecule has 0 aliphatic carbocycles. The third kappa shape index (κ3) is 1.75. The van der Waals surface area contributed by atoms with Crippen LogP contribution < -0.4 is 5.73 Å². The normalized spacial score (nSPS) is 24.0. The summed E-state index contributed by atoms with van der Waals surface area (Å²) < 4.78 is 0. The lowest BCUT2D eigenvalue weighted by molar-refractivity contribution is 0.312. The molecule has 1 atom stereocenters. The van der Waals surface area contributed by atoms with E-state index in [0.29, 0.717) is 12.6 Å². The summed E-state index contributed by atoms with van der Waals surface area (Å²) in [7, 11) is 2.17. The van der Waals surface area contributed by atoms with Crippen LogP contribution >= 0.6 is 11.3 Å². The average Bonchev–Trinajstić information content (AvgIpc) is 2.71. The van der Waals surface area contributed by atoms with Gasteiger partial charge in [-0.15, -0.1) is 11.3 Å². The highest BCUT2D eigenvalue weighted by Gasteiger charge is 2.24. The van der Waals surface area contributed by atoms with E-state index in [0.717, 1.165) is 5.01 Å². The molecule has 2 rings (SSSR count). The number of hydrogen-bond donors (Lipinski definition) is 1. The van der Waals surface area contributed by atoms with E-state index in [4.69, 9.17) is 5.73 Å². The lowest BCUT2D eigenvalue weighted by Gasteiger charge is -2.16. The van der Waals surface area contributed by atoms with E-state index in [9.17, 15) is 0 Å². The first-order chi connectivity index (χ1) is 6.31. The van der Waals surface area contributed by atoms with Crippen molar-refractivity contribution in [2.45, 2.75) is 25.4 Å². The van der Waals surface area contributed by atoms with Crippen LogP contribution in [-0.4, -0.2) is 23.5 Å². The maximum absolute atomic E-state index is 5.53. The Morgan fingerprint density at radius 1 is 1.77 bits per heavy atom. The Bertz CT molecular complexity index is 284. The summed E-state index contributed by atoms with van der Waals surface area (Å²) in [5.74, 6) is 0. The molecule has 0 aromatic carbocycles. The van der Waals surface area contributed by atoms with Crippen molar-refractivity contribution >= 4 is 11.3 Å². The average molecular weight is 197 g/mol. The summed E-state index contributed by atoms with van der Waals surface area (Å²) in [5, 5.41) is 3.20. The number of aromatic nitrogens is 1. The molecule has 0 bridgehead atoms. The van der Waals surface area contributed by atoms with Gasteiger partial charge in [0.05, 0.1) is 11.7 Å². The van der Waals surface area contributed by atoms with Gasteiger partial charge in [-0.25, -0.2) is 4.98 Å². The molecule has 0 spiro atoms. The molecule has 4 heteroatoms. The maximum Gasteiger partial charge on any atom is 0.107 e. The van der Waals surface area contributed by atoms with Gasteiger partial charge in [-0.05, 0) is 26.4 Å². The Morgan fingerprint density at radius 2 is 2.62 bits per heavy atom. The summed E-state index contributed by atoms with van der Waals surface area (Å²) in [5.41, 5.74) is 6.74. The van der Waals surface area contributed by atoms with Crippen molar-refractivity contribution in [1.29, 1.82) is 0 Å². The van der Waals surface area contributed by atoms with Gasteiger partial charge in [0, 0.05) is 11.9 Å². The molecule has 72 valence electrons. The summed E-state index contributed by atoms with van der Waals surface area (Å²) >= 11 is 1.68. The van der Waals surface area contributed by atoms with Gasteiger partial charge in [-0.1, -0.05) is 0 Å². The number of rotatable bonds is 2. The summed E-state index contributed by atoms with van der Waals surface area (Å²) in [6.45, 7) is 1.77. The first-order valence-electron chi connectivity index (χ1n) is 4.66. The smallest absolute Gasteiger partial charge is 0.107 e. The Hall–Kier alpha value is -0.450. The van der Waals surface area contributed by atoms with Gasteiger partial charge >= 0.3 is 0 Å². The number of hydrogen-bond acceptors (Lipinski definition) is 4. The zero-order chi connectivity index (χ0) is 9.26. The maximum atomic E-state index is 5.53. The van der Waals surface area contributed by atoms with E-state index in [1.807, 2.05) is 0 Å². The molecule has 1 saturated heterocycles. The van der Waals surface area contributed by atoms with Gasteiger partial charge in [0.25, 0.3) is 0 Å². The van der Waals surface area contributed by atoms with E-state index in [1.165, 1.54) is 25.1 Å². The molecular formula is C9H15N3S. The highest BCUT2D eigenvalue weighted by atomic mass is 32.1. The summed E-state index contributed by atoms with van der Waals surface area (Å²) in [4.78, 5) is 6.88. The predicted octanol–water partition coefficient (Wildman–Crippen LogP) is 1.37. The Labute approximate surface area is 82.6 Å². The van der Waals surface area contributed by atoms with Crippen LogP contribution in [0.4, 0.5) is 0 Å². The van der Waals surface area contributed by atoms with Crippen molar-refractivity contribution in [2.75, 3.05) is 13.6 Å². The first kappa shape index (κ1) is 9.12. The second kappa shape index (κ2) is 3.74. The summed E-state index contributed by atoms with van der Waals surface area (Å²) in [6.07, 6.45) is 2.53. The van der Waals surface area contributed by atoms with Crippen LogP contribution in [0.3, 0.4) is 0 Å². The van der Waals surface area contributed by atoms with Gasteiger partial charge in [0.15, 0.2) is 0 Å². The van der Waals surface area contributed by atoms with E-state index in [2.05, 4.69) is 22.3 Å². The van der Waals surface area contributed by atoms with Crippen LogP contribution in [0.1, 0.15) is 29.6 Å². The predicted molar refractivity (Wildman–Crippen MR) is 54.6 cm³/mol. The second-order valence-electron chi connectivity index (χ2n) is 3.51. The molecule has 3 nitrogen and oxygen atoms in total. The van der Waals surface area contributed by atoms with Gasteiger partial charge < -0.3 is 5.73 Å². The van der Waals surface area contributed by atoms with Crippen molar-refractivity contribution in [3.8, 4) is 0 Å². The molecule has 2 heterocycles. The lowest BCUT2D eigenvalue weighted by atomic mass is 10.2. The Kier molecular flexibility index (Phi) is 2.62. The second-order valence-corrected chi connectivity index (χ2v) is 4.45. The minimum absolute atomic E-state index is 0.538. The molecule has 0 saturated carbocycles. The fourth-order valence-corrected chi connectivity index (χ4v) is 2.58. The van der Waals surface area contributed by atoms with E-state index in [1.54, 1.807) is 11.3 Å². The van der Waals surface area contributed by atoms with Gasteiger partial charge in [0.1, 0.15) is 5.01 Å². The van der Waals surface area contributed by atoms with Crippen LogP contribution in [0.25, 0.3) is 0 Å². The fourth-order valence-electron chi connectivity index (χ4n) is 1.86. The molecule has 2 N–H and O–H groups in total. The highest BCUT2D eigenvalue weighted by molar-refractivity contribution is 7.09. The van der Waals surface area contributed by atoms with Gasteiger partial charge in [-0.2, -0.15) is 0 Å². The first-order valence-corrected chi connectivity index (χ1v) is 5.54. The molecule has 1 aromatic heterocycles. The van der Waals surface area contributed by atoms with Crippen molar-refractivity contribution in [3.05, 3.63) is 16.1 Å². The van der Waals surface area contributed by atoms with E-state index in [-0.39, 0.29) is 0 Å².